The van der Waals surface area contributed by atoms with Crippen LogP contribution in [0.4, 0.5) is 11.4 Å². The molecular formula is C23H16N2O7. The lowest BCUT2D eigenvalue weighted by Gasteiger charge is -2.14. The Labute approximate surface area is 181 Å². The first-order chi connectivity index (χ1) is 15.3. The molecule has 1 aliphatic heterocycles. The van der Waals surface area contributed by atoms with E-state index < -0.39 is 23.7 Å². The van der Waals surface area contributed by atoms with Crippen LogP contribution in [0.15, 0.2) is 60.7 Å². The lowest BCUT2D eigenvalue weighted by atomic mass is 10.0. The number of nitrogens with zero attached hydrogens (tertiary/aromatic N) is 1. The van der Waals surface area contributed by atoms with Gasteiger partial charge in [-0.05, 0) is 48.5 Å². The lowest BCUT2D eigenvalue weighted by molar-refractivity contribution is 0.0697. The highest BCUT2D eigenvalue weighted by Gasteiger charge is 2.37. The number of anilines is 2. The monoisotopic (exact) mass is 432 g/mol. The van der Waals surface area contributed by atoms with Crippen LogP contribution in [0.1, 0.15) is 41.4 Å². The van der Waals surface area contributed by atoms with E-state index in [1.165, 1.54) is 37.4 Å². The molecule has 1 aliphatic rings. The Bertz CT molecular complexity index is 1300. The molecule has 3 N–H and O–H groups in total. The van der Waals surface area contributed by atoms with E-state index >= 15 is 0 Å². The van der Waals surface area contributed by atoms with E-state index in [0.29, 0.717) is 11.4 Å². The van der Waals surface area contributed by atoms with Gasteiger partial charge in [-0.3, -0.25) is 14.4 Å². The number of carbonyl (C=O) groups is 4. The molecule has 0 bridgehead atoms. The molecule has 3 aromatic rings. The van der Waals surface area contributed by atoms with E-state index in [1.807, 2.05) is 0 Å². The maximum atomic E-state index is 12.9. The Morgan fingerprint density at radius 3 is 2.41 bits per heavy atom. The van der Waals surface area contributed by atoms with Crippen molar-refractivity contribution in [2.45, 2.75) is 0 Å². The van der Waals surface area contributed by atoms with Gasteiger partial charge >= 0.3 is 5.97 Å². The van der Waals surface area contributed by atoms with Gasteiger partial charge in [0.2, 0.25) is 0 Å². The average molecular weight is 432 g/mol. The zero-order valence-electron chi connectivity index (χ0n) is 16.7. The molecule has 0 unspecified atom stereocenters. The first kappa shape index (κ1) is 20.6. The molecule has 32 heavy (non-hydrogen) atoms. The number of ether oxygens (including phenoxy) is 1. The maximum absolute atomic E-state index is 12.9. The Morgan fingerprint density at radius 1 is 0.938 bits per heavy atom. The minimum atomic E-state index is -1.33. The second kappa shape index (κ2) is 7.88. The van der Waals surface area contributed by atoms with Crippen molar-refractivity contribution in [2.24, 2.45) is 0 Å². The molecule has 0 aliphatic carbocycles. The number of nitrogens with one attached hydrogen (secondary N) is 1. The molecule has 160 valence electrons. The molecule has 0 spiro atoms. The zero-order valence-corrected chi connectivity index (χ0v) is 16.7. The molecule has 0 fully saturated rings. The molecule has 1 heterocycles. The number of phenols is 1. The molecule has 0 atom stereocenters. The number of benzene rings is 3. The standard InChI is InChI=1S/C23H16N2O7/c1-32-15-4-2-3-13(10-15)25-21(28)16-7-5-12(9-17(16)22(25)29)20(27)24-19-8-6-14(26)11-18(19)23(30)31/h2-11,26H,1H3,(H,24,27)(H,30,31). The third kappa shape index (κ3) is 3.52. The van der Waals surface area contributed by atoms with Crippen molar-refractivity contribution >= 4 is 35.1 Å². The maximum Gasteiger partial charge on any atom is 0.337 e. The fourth-order valence-electron chi connectivity index (χ4n) is 3.38. The number of amides is 3. The van der Waals surface area contributed by atoms with Crippen LogP contribution in [-0.2, 0) is 0 Å². The summed E-state index contributed by atoms with van der Waals surface area (Å²) in [6.45, 7) is 0. The summed E-state index contributed by atoms with van der Waals surface area (Å²) in [4.78, 5) is 50.8. The summed E-state index contributed by atoms with van der Waals surface area (Å²) >= 11 is 0. The van der Waals surface area contributed by atoms with E-state index in [0.717, 1.165) is 11.0 Å². The molecule has 4 rings (SSSR count). The Hall–Kier alpha value is -4.66. The molecule has 3 aromatic carbocycles. The molecule has 3 amide bonds. The van der Waals surface area contributed by atoms with E-state index in [9.17, 15) is 29.4 Å². The quantitative estimate of drug-likeness (QED) is 0.417. The molecule has 9 heteroatoms. The first-order valence-corrected chi connectivity index (χ1v) is 9.34. The van der Waals surface area contributed by atoms with Gasteiger partial charge < -0.3 is 20.3 Å². The van der Waals surface area contributed by atoms with Gasteiger partial charge in [-0.25, -0.2) is 9.69 Å². The van der Waals surface area contributed by atoms with Gasteiger partial charge in [0.05, 0.1) is 35.2 Å². The zero-order chi connectivity index (χ0) is 23.0. The molecule has 0 saturated carbocycles. The molecule has 0 aromatic heterocycles. The first-order valence-electron chi connectivity index (χ1n) is 9.34. The fourth-order valence-corrected chi connectivity index (χ4v) is 3.38. The lowest BCUT2D eigenvalue weighted by Crippen LogP contribution is -2.29. The van der Waals surface area contributed by atoms with Crippen molar-refractivity contribution in [3.05, 3.63) is 82.9 Å². The number of carboxylic acids is 1. The smallest absolute Gasteiger partial charge is 0.337 e. The van der Waals surface area contributed by atoms with E-state index in [1.54, 1.807) is 24.3 Å². The van der Waals surface area contributed by atoms with Gasteiger partial charge in [0.1, 0.15) is 11.5 Å². The Morgan fingerprint density at radius 2 is 1.69 bits per heavy atom. The van der Waals surface area contributed by atoms with Crippen LogP contribution in [0.25, 0.3) is 0 Å². The summed E-state index contributed by atoms with van der Waals surface area (Å²) in [6.07, 6.45) is 0. The van der Waals surface area contributed by atoms with Crippen molar-refractivity contribution in [3.8, 4) is 11.5 Å². The molecule has 9 nitrogen and oxygen atoms in total. The fraction of sp³-hybridized carbons (Fsp3) is 0.0435. The summed E-state index contributed by atoms with van der Waals surface area (Å²) in [7, 11) is 1.47. The molecule has 0 saturated heterocycles. The van der Waals surface area contributed by atoms with Crippen LogP contribution in [-0.4, -0.2) is 41.0 Å². The van der Waals surface area contributed by atoms with Gasteiger partial charge in [0.25, 0.3) is 17.7 Å². The molecule has 0 radical (unpaired) electrons. The van der Waals surface area contributed by atoms with Crippen LogP contribution in [0.3, 0.4) is 0 Å². The van der Waals surface area contributed by atoms with Gasteiger partial charge in [-0.2, -0.15) is 0 Å². The summed E-state index contributed by atoms with van der Waals surface area (Å²) in [5, 5.41) is 21.2. The predicted molar refractivity (Wildman–Crippen MR) is 114 cm³/mol. The van der Waals surface area contributed by atoms with Crippen molar-refractivity contribution < 1.29 is 34.1 Å². The normalized spacial score (nSPS) is 12.5. The Balaban J connectivity index is 1.64. The number of hydrogen-bond donors (Lipinski definition) is 3. The van der Waals surface area contributed by atoms with Crippen molar-refractivity contribution in [3.63, 3.8) is 0 Å². The summed E-state index contributed by atoms with van der Waals surface area (Å²) in [5.74, 6) is -2.93. The second-order valence-corrected chi connectivity index (χ2v) is 6.90. The van der Waals surface area contributed by atoms with Gasteiger partial charge in [0.15, 0.2) is 0 Å². The summed E-state index contributed by atoms with van der Waals surface area (Å²) < 4.78 is 5.14. The van der Waals surface area contributed by atoms with Crippen LogP contribution < -0.4 is 15.0 Å². The predicted octanol–water partition coefficient (Wildman–Crippen LogP) is 3.15. The number of aromatic carboxylic acids is 1. The number of hydrogen-bond acceptors (Lipinski definition) is 6. The van der Waals surface area contributed by atoms with Crippen molar-refractivity contribution in [2.75, 3.05) is 17.3 Å². The highest BCUT2D eigenvalue weighted by molar-refractivity contribution is 6.34. The number of imide groups is 1. The molecular weight excluding hydrogens is 416 g/mol. The third-order valence-corrected chi connectivity index (χ3v) is 4.94. The number of methoxy groups -OCH3 is 1. The third-order valence-electron chi connectivity index (χ3n) is 4.94. The minimum absolute atomic E-state index is 0.0267. The van der Waals surface area contributed by atoms with Crippen molar-refractivity contribution in [1.29, 1.82) is 0 Å². The average Bonchev–Trinajstić information content (AvgIpc) is 3.04. The van der Waals surface area contributed by atoms with Gasteiger partial charge in [0, 0.05) is 11.6 Å². The Kier molecular flexibility index (Phi) is 5.07. The van der Waals surface area contributed by atoms with E-state index in [-0.39, 0.29) is 33.7 Å². The number of aromatic hydroxyl groups is 1. The van der Waals surface area contributed by atoms with E-state index in [4.69, 9.17) is 4.74 Å². The number of fused-ring (bicyclic) bond motifs is 1. The van der Waals surface area contributed by atoms with Crippen molar-refractivity contribution in [1.82, 2.24) is 0 Å². The largest absolute Gasteiger partial charge is 0.508 e. The van der Waals surface area contributed by atoms with Crippen LogP contribution in [0.5, 0.6) is 11.5 Å². The van der Waals surface area contributed by atoms with Gasteiger partial charge in [-0.15, -0.1) is 0 Å². The second-order valence-electron chi connectivity index (χ2n) is 6.90. The number of carboxylic acid groups (broad SMARTS) is 1. The minimum Gasteiger partial charge on any atom is -0.508 e. The van der Waals surface area contributed by atoms with Gasteiger partial charge in [-0.1, -0.05) is 6.07 Å². The number of phenolic OH excluding ortho intramolecular Hbond substituents is 1. The van der Waals surface area contributed by atoms with E-state index in [2.05, 4.69) is 5.32 Å². The number of rotatable bonds is 5. The topological polar surface area (TPSA) is 133 Å². The highest BCUT2D eigenvalue weighted by Crippen LogP contribution is 2.31. The summed E-state index contributed by atoms with van der Waals surface area (Å²) in [5.41, 5.74) is 0.259. The SMILES string of the molecule is COc1cccc(N2C(=O)c3ccc(C(=O)Nc4ccc(O)cc4C(=O)O)cc3C2=O)c1. The highest BCUT2D eigenvalue weighted by atomic mass is 16.5. The summed E-state index contributed by atoms with van der Waals surface area (Å²) in [6, 6.07) is 14.0. The number of carbonyl (C=O) groups excluding carboxylic acids is 3. The van der Waals surface area contributed by atoms with Crippen LogP contribution in [0, 0.1) is 0 Å². The van der Waals surface area contributed by atoms with Crippen LogP contribution >= 0.6 is 0 Å². The van der Waals surface area contributed by atoms with Crippen LogP contribution in [0.2, 0.25) is 0 Å².